The number of carbonyl (C=O) groups excluding carboxylic acids is 1. The van der Waals surface area contributed by atoms with Gasteiger partial charge >= 0.3 is 5.97 Å². The second kappa shape index (κ2) is 11.8. The average Bonchev–Trinajstić information content (AvgIpc) is 2.72. The van der Waals surface area contributed by atoms with Crippen molar-refractivity contribution in [3.8, 4) is 0 Å². The van der Waals surface area contributed by atoms with Crippen LogP contribution in [0, 0.1) is 29.6 Å². The lowest BCUT2D eigenvalue weighted by Crippen LogP contribution is -2.31. The van der Waals surface area contributed by atoms with Gasteiger partial charge in [-0.05, 0) is 75.0 Å². The molecule has 0 aliphatic heterocycles. The summed E-state index contributed by atoms with van der Waals surface area (Å²) in [6.07, 6.45) is 11.4. The largest absolute Gasteiger partial charge is 0.462 e. The van der Waals surface area contributed by atoms with Crippen molar-refractivity contribution in [1.29, 1.82) is 0 Å². The molecule has 0 radical (unpaired) electrons. The fourth-order valence-corrected chi connectivity index (χ4v) is 5.09. The highest BCUT2D eigenvalue weighted by atomic mass is 19.1. The molecule has 1 atom stereocenters. The summed E-state index contributed by atoms with van der Waals surface area (Å²) in [6.45, 7) is 3.11. The van der Waals surface area contributed by atoms with Gasteiger partial charge in [-0.2, -0.15) is 0 Å². The maximum atomic E-state index is 12.3. The summed E-state index contributed by atoms with van der Waals surface area (Å²) in [7, 11) is 0. The van der Waals surface area contributed by atoms with E-state index >= 15 is 0 Å². The van der Waals surface area contributed by atoms with Crippen LogP contribution >= 0.6 is 0 Å². The molecule has 0 bridgehead atoms. The Morgan fingerprint density at radius 3 is 2.15 bits per heavy atom. The lowest BCUT2D eigenvalue weighted by Gasteiger charge is -2.39. The zero-order chi connectivity index (χ0) is 19.6. The van der Waals surface area contributed by atoms with Gasteiger partial charge in [0, 0.05) is 12.5 Å². The maximum absolute atomic E-state index is 12.3. The topological polar surface area (TPSA) is 66.8 Å². The summed E-state index contributed by atoms with van der Waals surface area (Å²) in [5.74, 6) is 2.11. The summed E-state index contributed by atoms with van der Waals surface area (Å²) in [5.41, 5.74) is 0.0533. The van der Waals surface area contributed by atoms with E-state index in [-0.39, 0.29) is 31.4 Å². The minimum absolute atomic E-state index is 0.0217. The van der Waals surface area contributed by atoms with Crippen LogP contribution in [-0.2, 0) is 9.53 Å². The number of hydrogen-bond donors (Lipinski definition) is 2. The molecule has 0 aromatic rings. The normalized spacial score (nSPS) is 29.9. The van der Waals surface area contributed by atoms with Crippen molar-refractivity contribution in [2.75, 3.05) is 26.5 Å². The van der Waals surface area contributed by atoms with Gasteiger partial charge in [-0.15, -0.1) is 0 Å². The molecule has 27 heavy (non-hydrogen) atoms. The summed E-state index contributed by atoms with van der Waals surface area (Å²) >= 11 is 0. The van der Waals surface area contributed by atoms with Crippen molar-refractivity contribution in [3.63, 3.8) is 0 Å². The van der Waals surface area contributed by atoms with Gasteiger partial charge in [-0.25, -0.2) is 4.79 Å². The number of aliphatic hydroxyl groups is 2. The van der Waals surface area contributed by atoms with Crippen LogP contribution in [0.1, 0.15) is 64.2 Å². The van der Waals surface area contributed by atoms with E-state index in [1.165, 1.54) is 38.5 Å². The molecule has 0 spiro atoms. The molecular weight excluding hydrogens is 347 g/mol. The van der Waals surface area contributed by atoms with Gasteiger partial charge < -0.3 is 14.9 Å². The Morgan fingerprint density at radius 1 is 1.04 bits per heavy atom. The Labute approximate surface area is 163 Å². The molecule has 0 aromatic carbocycles. The Morgan fingerprint density at radius 2 is 1.63 bits per heavy atom. The summed E-state index contributed by atoms with van der Waals surface area (Å²) in [4.78, 5) is 11.6. The van der Waals surface area contributed by atoms with Crippen molar-refractivity contribution in [2.45, 2.75) is 64.2 Å². The van der Waals surface area contributed by atoms with Crippen molar-refractivity contribution in [1.82, 2.24) is 0 Å². The first-order valence-electron chi connectivity index (χ1n) is 10.7. The molecule has 156 valence electrons. The molecule has 0 aromatic heterocycles. The number of halogens is 1. The predicted octanol–water partition coefficient (Wildman–Crippen LogP) is 4.05. The van der Waals surface area contributed by atoms with Gasteiger partial charge in [0.1, 0.15) is 0 Å². The van der Waals surface area contributed by atoms with E-state index in [9.17, 15) is 14.3 Å². The number of rotatable bonds is 10. The van der Waals surface area contributed by atoms with E-state index in [0.717, 1.165) is 43.4 Å². The smallest absolute Gasteiger partial charge is 0.335 e. The summed E-state index contributed by atoms with van der Waals surface area (Å²) in [6, 6.07) is 0. The van der Waals surface area contributed by atoms with Crippen LogP contribution in [0.3, 0.4) is 0 Å². The molecule has 2 fully saturated rings. The number of carbonyl (C=O) groups is 1. The fourth-order valence-electron chi connectivity index (χ4n) is 5.09. The molecule has 0 saturated heterocycles. The molecule has 1 unspecified atom stereocenters. The van der Waals surface area contributed by atoms with Gasteiger partial charge in [0.15, 0.2) is 0 Å². The Balaban J connectivity index is 1.71. The van der Waals surface area contributed by atoms with Crippen LogP contribution in [0.5, 0.6) is 0 Å². The van der Waals surface area contributed by atoms with Crippen LogP contribution < -0.4 is 0 Å². The Kier molecular flexibility index (Phi) is 9.77. The second-order valence-corrected chi connectivity index (χ2v) is 8.59. The van der Waals surface area contributed by atoms with E-state index in [4.69, 9.17) is 9.84 Å². The molecule has 0 amide bonds. The van der Waals surface area contributed by atoms with Crippen molar-refractivity contribution >= 4 is 5.97 Å². The lowest BCUT2D eigenvalue weighted by atomic mass is 9.67. The fraction of sp³-hybridized carbons (Fsp3) is 0.864. The molecule has 0 heterocycles. The van der Waals surface area contributed by atoms with Crippen molar-refractivity contribution < 1.29 is 24.1 Å². The average molecular weight is 385 g/mol. The first kappa shape index (κ1) is 22.4. The van der Waals surface area contributed by atoms with Gasteiger partial charge in [0.25, 0.3) is 0 Å². The first-order valence-corrected chi connectivity index (χ1v) is 10.7. The SMILES string of the molecule is C=C(CO)C(=O)OCC(CO)C1CCC(C2CCC(CCCF)CC2)CC1. The van der Waals surface area contributed by atoms with E-state index in [1.807, 2.05) is 0 Å². The molecule has 2 aliphatic carbocycles. The van der Waals surface area contributed by atoms with Crippen LogP contribution in [-0.4, -0.2) is 42.7 Å². The zero-order valence-electron chi connectivity index (χ0n) is 16.6. The monoisotopic (exact) mass is 384 g/mol. The highest BCUT2D eigenvalue weighted by Gasteiger charge is 2.33. The molecule has 5 heteroatoms. The number of aliphatic hydroxyl groups excluding tert-OH is 2. The van der Waals surface area contributed by atoms with Crippen molar-refractivity contribution in [3.05, 3.63) is 12.2 Å². The second-order valence-electron chi connectivity index (χ2n) is 8.59. The lowest BCUT2D eigenvalue weighted by molar-refractivity contribution is -0.142. The summed E-state index contributed by atoms with van der Waals surface area (Å²) < 4.78 is 17.5. The van der Waals surface area contributed by atoms with Crippen LogP contribution in [0.15, 0.2) is 12.2 Å². The van der Waals surface area contributed by atoms with Gasteiger partial charge in [0.05, 0.1) is 25.5 Å². The van der Waals surface area contributed by atoms with E-state index in [0.29, 0.717) is 5.92 Å². The van der Waals surface area contributed by atoms with Gasteiger partial charge in [0.2, 0.25) is 0 Å². The highest BCUT2D eigenvalue weighted by Crippen LogP contribution is 2.43. The third-order valence-electron chi connectivity index (χ3n) is 6.93. The van der Waals surface area contributed by atoms with Crippen LogP contribution in [0.25, 0.3) is 0 Å². The maximum Gasteiger partial charge on any atom is 0.335 e. The standard InChI is InChI=1S/C22H37FO4/c1-16(13-24)22(26)27-15-21(14-25)20-10-8-19(9-11-20)18-6-4-17(5-7-18)3-2-12-23/h17-21,24-25H,1-15H2. The number of alkyl halides is 1. The van der Waals surface area contributed by atoms with Crippen LogP contribution in [0.2, 0.25) is 0 Å². The Bertz CT molecular complexity index is 451. The van der Waals surface area contributed by atoms with Crippen LogP contribution in [0.4, 0.5) is 4.39 Å². The quantitative estimate of drug-likeness (QED) is 0.440. The molecule has 4 nitrogen and oxygen atoms in total. The minimum Gasteiger partial charge on any atom is -0.462 e. The third-order valence-corrected chi connectivity index (χ3v) is 6.93. The van der Waals surface area contributed by atoms with E-state index in [1.54, 1.807) is 0 Å². The minimum atomic E-state index is -0.575. The van der Waals surface area contributed by atoms with Crippen molar-refractivity contribution in [2.24, 2.45) is 29.6 Å². The van der Waals surface area contributed by atoms with E-state index < -0.39 is 12.6 Å². The Hall–Kier alpha value is -0.940. The number of esters is 1. The molecule has 2 rings (SSSR count). The zero-order valence-corrected chi connectivity index (χ0v) is 16.6. The van der Waals surface area contributed by atoms with Gasteiger partial charge in [-0.1, -0.05) is 19.4 Å². The summed E-state index contributed by atoms with van der Waals surface area (Å²) in [5, 5.41) is 18.6. The van der Waals surface area contributed by atoms with E-state index in [2.05, 4.69) is 6.58 Å². The molecule has 2 N–H and O–H groups in total. The highest BCUT2D eigenvalue weighted by molar-refractivity contribution is 5.87. The first-order chi connectivity index (χ1) is 13.1. The molecule has 2 saturated carbocycles. The molecular formula is C22H37FO4. The predicted molar refractivity (Wildman–Crippen MR) is 104 cm³/mol. The third kappa shape index (κ3) is 6.86. The number of ether oxygens (including phenoxy) is 1. The number of hydrogen-bond acceptors (Lipinski definition) is 4. The van der Waals surface area contributed by atoms with Gasteiger partial charge in [-0.3, -0.25) is 4.39 Å². The molecule has 2 aliphatic rings.